The molecule has 0 aliphatic carbocycles. The zero-order valence-electron chi connectivity index (χ0n) is 16.6. The molecule has 0 bridgehead atoms. The number of alkyl halides is 1. The van der Waals surface area contributed by atoms with Gasteiger partial charge in [0.05, 0.1) is 5.41 Å². The molecule has 150 valence electrons. The Kier molecular flexibility index (Phi) is 7.27. The molecule has 1 unspecified atom stereocenters. The summed E-state index contributed by atoms with van der Waals surface area (Å²) in [5.41, 5.74) is 1.99. The number of rotatable bonds is 9. The van der Waals surface area contributed by atoms with Gasteiger partial charge < -0.3 is 0 Å². The Balaban J connectivity index is 2.39. The molecule has 0 spiro atoms. The van der Waals surface area contributed by atoms with Crippen LogP contribution in [-0.2, 0) is 18.6 Å². The Morgan fingerprint density at radius 3 is 1.48 bits per heavy atom. The van der Waals surface area contributed by atoms with Gasteiger partial charge in [-0.3, -0.25) is 0 Å². The molecular weight excluding hydrogens is 443 g/mol. The minimum absolute atomic E-state index is 0.721. The third kappa shape index (κ3) is 4.04. The van der Waals surface area contributed by atoms with Crippen molar-refractivity contribution in [3.8, 4) is 0 Å². The molecule has 0 N–H and O–H groups in total. The van der Waals surface area contributed by atoms with Gasteiger partial charge >= 0.3 is 7.68 Å². The number of halogens is 1. The number of unbranched alkanes of at least 4 members (excludes halogenated alkanes) is 2. The van der Waals surface area contributed by atoms with E-state index in [1.807, 2.05) is 66.7 Å². The molecule has 0 heterocycles. The van der Waals surface area contributed by atoms with Crippen LogP contribution in [0.5, 0.6) is 0 Å². The van der Waals surface area contributed by atoms with Gasteiger partial charge in [-0.2, -0.15) is 0 Å². The standard InChI is InChI=1S/C25H26BrO2P/c1-2-3-13-20-24(21-14-7-4-8-15-21,22-16-9-5-10-17-22)25(26,29(27)28)23-18-11-6-12-19-23/h4-12,14-19H,2-3,13,20H2,1H3. The van der Waals surface area contributed by atoms with Gasteiger partial charge in [0.1, 0.15) is 0 Å². The SMILES string of the molecule is CCCCCC(c1ccccc1)(c1ccccc1)C(Br)(c1ccccc1)P(=O)=O. The van der Waals surface area contributed by atoms with E-state index in [0.717, 1.165) is 42.4 Å². The summed E-state index contributed by atoms with van der Waals surface area (Å²) >= 11 is 3.81. The van der Waals surface area contributed by atoms with E-state index in [9.17, 15) is 9.13 Å². The number of benzene rings is 3. The van der Waals surface area contributed by atoms with Crippen LogP contribution >= 0.6 is 23.6 Å². The van der Waals surface area contributed by atoms with E-state index in [1.54, 1.807) is 0 Å². The van der Waals surface area contributed by atoms with E-state index in [2.05, 4.69) is 47.1 Å². The molecule has 0 amide bonds. The second-order valence-corrected chi connectivity index (χ2v) is 10.3. The van der Waals surface area contributed by atoms with Crippen LogP contribution in [0, 0.1) is 0 Å². The lowest BCUT2D eigenvalue weighted by Crippen LogP contribution is -2.43. The second-order valence-electron chi connectivity index (χ2n) is 7.34. The maximum atomic E-state index is 13.0. The van der Waals surface area contributed by atoms with Crippen LogP contribution < -0.4 is 0 Å². The molecular formula is C25H26BrO2P. The van der Waals surface area contributed by atoms with Crippen LogP contribution in [0.25, 0.3) is 0 Å². The summed E-state index contributed by atoms with van der Waals surface area (Å²) in [6.45, 7) is 2.17. The van der Waals surface area contributed by atoms with Gasteiger partial charge in [0.25, 0.3) is 0 Å². The first kappa shape index (κ1) is 21.7. The van der Waals surface area contributed by atoms with Crippen LogP contribution in [0.2, 0.25) is 0 Å². The largest absolute Gasteiger partial charge is 0.338 e. The van der Waals surface area contributed by atoms with Crippen molar-refractivity contribution in [3.05, 3.63) is 108 Å². The summed E-state index contributed by atoms with van der Waals surface area (Å²) in [6, 6.07) is 29.6. The molecule has 0 aromatic heterocycles. The first-order valence-electron chi connectivity index (χ1n) is 10.1. The van der Waals surface area contributed by atoms with E-state index < -0.39 is 17.2 Å². The monoisotopic (exact) mass is 468 g/mol. The molecule has 0 saturated heterocycles. The first-order chi connectivity index (χ1) is 14.1. The molecule has 0 aliphatic rings. The van der Waals surface area contributed by atoms with Crippen molar-refractivity contribution in [1.82, 2.24) is 0 Å². The van der Waals surface area contributed by atoms with Crippen molar-refractivity contribution >= 4 is 23.6 Å². The van der Waals surface area contributed by atoms with Crippen molar-refractivity contribution in [3.63, 3.8) is 0 Å². The minimum atomic E-state index is -2.86. The summed E-state index contributed by atoms with van der Waals surface area (Å²) in [6.07, 6.45) is 3.78. The number of hydrogen-bond acceptors (Lipinski definition) is 2. The van der Waals surface area contributed by atoms with Crippen molar-refractivity contribution < 1.29 is 9.13 Å². The quantitative estimate of drug-likeness (QED) is 0.181. The molecule has 2 nitrogen and oxygen atoms in total. The van der Waals surface area contributed by atoms with E-state index >= 15 is 0 Å². The van der Waals surface area contributed by atoms with Crippen molar-refractivity contribution in [2.45, 2.75) is 42.1 Å². The Labute approximate surface area is 182 Å². The van der Waals surface area contributed by atoms with Crippen LogP contribution in [-0.4, -0.2) is 0 Å². The van der Waals surface area contributed by atoms with Crippen LogP contribution in [0.1, 0.15) is 49.3 Å². The van der Waals surface area contributed by atoms with Crippen molar-refractivity contribution in [2.75, 3.05) is 0 Å². The lowest BCUT2D eigenvalue weighted by atomic mass is 9.67. The van der Waals surface area contributed by atoms with Gasteiger partial charge in [-0.05, 0) is 23.1 Å². The maximum Gasteiger partial charge on any atom is 0.338 e. The average Bonchev–Trinajstić information content (AvgIpc) is 2.78. The molecule has 29 heavy (non-hydrogen) atoms. The Bertz CT molecular complexity index is 924. The van der Waals surface area contributed by atoms with Crippen molar-refractivity contribution in [2.24, 2.45) is 0 Å². The fourth-order valence-electron chi connectivity index (χ4n) is 4.26. The lowest BCUT2D eigenvalue weighted by Gasteiger charge is -2.45. The summed E-state index contributed by atoms with van der Waals surface area (Å²) in [4.78, 5) is 0. The Morgan fingerprint density at radius 2 is 1.10 bits per heavy atom. The molecule has 0 aliphatic heterocycles. The van der Waals surface area contributed by atoms with Crippen LogP contribution in [0.4, 0.5) is 0 Å². The third-order valence-electron chi connectivity index (χ3n) is 5.66. The van der Waals surface area contributed by atoms with Gasteiger partial charge in [-0.25, -0.2) is 9.13 Å². The predicted octanol–water partition coefficient (Wildman–Crippen LogP) is 7.97. The van der Waals surface area contributed by atoms with Crippen LogP contribution in [0.15, 0.2) is 91.0 Å². The first-order valence-corrected chi connectivity index (χ1v) is 12.0. The Morgan fingerprint density at radius 1 is 0.690 bits per heavy atom. The maximum absolute atomic E-state index is 13.0. The highest BCUT2D eigenvalue weighted by atomic mass is 79.9. The highest BCUT2D eigenvalue weighted by Gasteiger charge is 2.57. The third-order valence-corrected chi connectivity index (χ3v) is 8.81. The Hall–Kier alpha value is -1.96. The normalized spacial score (nSPS) is 13.6. The zero-order valence-corrected chi connectivity index (χ0v) is 19.1. The van der Waals surface area contributed by atoms with Crippen LogP contribution in [0.3, 0.4) is 0 Å². The zero-order chi connectivity index (χ0) is 20.7. The van der Waals surface area contributed by atoms with Gasteiger partial charge in [-0.15, -0.1) is 0 Å². The second kappa shape index (κ2) is 9.69. The molecule has 3 aromatic carbocycles. The highest BCUT2D eigenvalue weighted by molar-refractivity contribution is 9.10. The van der Waals surface area contributed by atoms with Gasteiger partial charge in [-0.1, -0.05) is 133 Å². The fraction of sp³-hybridized carbons (Fsp3) is 0.280. The summed E-state index contributed by atoms with van der Waals surface area (Å²) < 4.78 is 24.8. The molecule has 0 fully saturated rings. The average molecular weight is 469 g/mol. The minimum Gasteiger partial charge on any atom is -0.235 e. The molecule has 3 aromatic rings. The van der Waals surface area contributed by atoms with Gasteiger partial charge in [0.2, 0.25) is 0 Å². The fourth-order valence-corrected chi connectivity index (χ4v) is 6.22. The van der Waals surface area contributed by atoms with E-state index in [4.69, 9.17) is 0 Å². The lowest BCUT2D eigenvalue weighted by molar-refractivity contribution is 0.389. The smallest absolute Gasteiger partial charge is 0.235 e. The predicted molar refractivity (Wildman–Crippen MR) is 123 cm³/mol. The molecule has 4 heteroatoms. The topological polar surface area (TPSA) is 34.1 Å². The summed E-state index contributed by atoms with van der Waals surface area (Å²) in [7, 11) is -2.86. The van der Waals surface area contributed by atoms with E-state index in [0.29, 0.717) is 0 Å². The summed E-state index contributed by atoms with van der Waals surface area (Å²) in [5, 5.41) is 0. The van der Waals surface area contributed by atoms with Crippen molar-refractivity contribution in [1.29, 1.82) is 0 Å². The van der Waals surface area contributed by atoms with E-state index in [-0.39, 0.29) is 0 Å². The van der Waals surface area contributed by atoms with Gasteiger partial charge in [0, 0.05) is 0 Å². The molecule has 0 radical (unpaired) electrons. The highest BCUT2D eigenvalue weighted by Crippen LogP contribution is 2.63. The summed E-state index contributed by atoms with van der Waals surface area (Å²) in [5.74, 6) is 0. The molecule has 0 saturated carbocycles. The number of hydrogen-bond donors (Lipinski definition) is 0. The molecule has 3 rings (SSSR count). The van der Waals surface area contributed by atoms with Gasteiger partial charge in [0.15, 0.2) is 4.07 Å². The van der Waals surface area contributed by atoms with E-state index in [1.165, 1.54) is 0 Å². The molecule has 1 atom stereocenters.